The molecule has 3 nitrogen and oxygen atoms in total. The van der Waals surface area contributed by atoms with Crippen molar-refractivity contribution in [3.05, 3.63) is 34.9 Å². The normalized spacial score (nSPS) is 14.0. The second kappa shape index (κ2) is 3.62. The van der Waals surface area contributed by atoms with Crippen LogP contribution in [0.25, 0.3) is 11.3 Å². The molecule has 0 amide bonds. The quantitative estimate of drug-likeness (QED) is 0.813. The van der Waals surface area contributed by atoms with Crippen LogP contribution >= 0.6 is 0 Å². The molecule has 0 atom stereocenters. The number of benzene rings is 1. The third-order valence-electron chi connectivity index (χ3n) is 3.71. The van der Waals surface area contributed by atoms with Gasteiger partial charge in [0, 0.05) is 18.2 Å². The number of hydrogen-bond donors (Lipinski definition) is 1. The Kier molecular flexibility index (Phi) is 2.21. The molecule has 1 heterocycles. The minimum absolute atomic E-state index is 0.750. The van der Waals surface area contributed by atoms with Crippen molar-refractivity contribution < 1.29 is 0 Å². The van der Waals surface area contributed by atoms with Gasteiger partial charge in [-0.25, -0.2) is 0 Å². The topological polar surface area (TPSA) is 43.8 Å². The molecule has 2 aromatic rings. The lowest BCUT2D eigenvalue weighted by Crippen LogP contribution is -1.97. The summed E-state index contributed by atoms with van der Waals surface area (Å²) >= 11 is 0. The van der Waals surface area contributed by atoms with E-state index >= 15 is 0 Å². The van der Waals surface area contributed by atoms with E-state index in [9.17, 15) is 0 Å². The molecular weight excluding hydrogens is 210 g/mol. The van der Waals surface area contributed by atoms with Crippen molar-refractivity contribution in [3.63, 3.8) is 0 Å². The predicted molar refractivity (Wildman–Crippen MR) is 69.8 cm³/mol. The molecule has 17 heavy (non-hydrogen) atoms. The molecule has 1 aromatic heterocycles. The third kappa shape index (κ3) is 1.54. The van der Waals surface area contributed by atoms with Crippen LogP contribution in [0.15, 0.2) is 18.2 Å². The first kappa shape index (κ1) is 10.4. The van der Waals surface area contributed by atoms with Crippen molar-refractivity contribution in [3.8, 4) is 11.3 Å². The van der Waals surface area contributed by atoms with Gasteiger partial charge >= 0.3 is 0 Å². The summed E-state index contributed by atoms with van der Waals surface area (Å²) in [5.41, 5.74) is 12.2. The van der Waals surface area contributed by atoms with Crippen LogP contribution in [0, 0.1) is 6.92 Å². The van der Waals surface area contributed by atoms with Gasteiger partial charge in [0.2, 0.25) is 0 Å². The molecule has 0 saturated heterocycles. The van der Waals surface area contributed by atoms with Crippen LogP contribution < -0.4 is 5.73 Å². The number of aromatic nitrogens is 2. The largest absolute Gasteiger partial charge is 0.384 e. The van der Waals surface area contributed by atoms with Crippen molar-refractivity contribution in [1.29, 1.82) is 0 Å². The summed E-state index contributed by atoms with van der Waals surface area (Å²) in [7, 11) is 1.89. The molecule has 3 heteroatoms. The number of fused-ring (bicyclic) bond motifs is 1. The predicted octanol–water partition coefficient (Wildman–Crippen LogP) is 2.47. The molecule has 1 aliphatic carbocycles. The fourth-order valence-electron chi connectivity index (χ4n) is 2.64. The summed E-state index contributed by atoms with van der Waals surface area (Å²) in [5, 5.41) is 4.50. The van der Waals surface area contributed by atoms with E-state index in [2.05, 4.69) is 23.3 Å². The van der Waals surface area contributed by atoms with E-state index in [1.54, 1.807) is 4.68 Å². The number of nitrogen functional groups attached to an aromatic ring is 1. The van der Waals surface area contributed by atoms with Gasteiger partial charge in [-0.2, -0.15) is 5.10 Å². The average molecular weight is 227 g/mol. The van der Waals surface area contributed by atoms with Crippen molar-refractivity contribution >= 4 is 5.82 Å². The monoisotopic (exact) mass is 227 g/mol. The highest BCUT2D eigenvalue weighted by atomic mass is 15.3. The molecule has 0 bridgehead atoms. The molecule has 1 aliphatic rings. The van der Waals surface area contributed by atoms with Gasteiger partial charge in [0.05, 0.1) is 5.69 Å². The third-order valence-corrected chi connectivity index (χ3v) is 3.71. The maximum atomic E-state index is 5.95. The van der Waals surface area contributed by atoms with Gasteiger partial charge in [-0.15, -0.1) is 0 Å². The SMILES string of the molecule is Cc1c(-c2ccc3c(c2)CCC3)nn(C)c1N. The molecule has 0 unspecified atom stereocenters. The Balaban J connectivity index is 2.12. The van der Waals surface area contributed by atoms with E-state index in [-0.39, 0.29) is 0 Å². The molecule has 0 saturated carbocycles. The maximum Gasteiger partial charge on any atom is 0.124 e. The fraction of sp³-hybridized carbons (Fsp3) is 0.357. The average Bonchev–Trinajstić information content (AvgIpc) is 2.89. The first-order valence-electron chi connectivity index (χ1n) is 6.08. The maximum absolute atomic E-state index is 5.95. The van der Waals surface area contributed by atoms with Crippen molar-refractivity contribution in [2.45, 2.75) is 26.2 Å². The van der Waals surface area contributed by atoms with Gasteiger partial charge in [-0.05, 0) is 43.4 Å². The van der Waals surface area contributed by atoms with Crippen molar-refractivity contribution in [2.75, 3.05) is 5.73 Å². The summed E-state index contributed by atoms with van der Waals surface area (Å²) in [6, 6.07) is 6.68. The Morgan fingerprint density at radius 1 is 1.24 bits per heavy atom. The summed E-state index contributed by atoms with van der Waals surface area (Å²) in [6.07, 6.45) is 3.70. The van der Waals surface area contributed by atoms with Gasteiger partial charge in [-0.3, -0.25) is 4.68 Å². The van der Waals surface area contributed by atoms with Gasteiger partial charge in [0.25, 0.3) is 0 Å². The van der Waals surface area contributed by atoms with Crippen LogP contribution in [0.2, 0.25) is 0 Å². The van der Waals surface area contributed by atoms with E-state index in [0.717, 1.165) is 17.1 Å². The lowest BCUT2D eigenvalue weighted by Gasteiger charge is -2.03. The molecule has 3 rings (SSSR count). The van der Waals surface area contributed by atoms with Crippen molar-refractivity contribution in [1.82, 2.24) is 9.78 Å². The van der Waals surface area contributed by atoms with Crippen LogP contribution in [0.4, 0.5) is 5.82 Å². The summed E-state index contributed by atoms with van der Waals surface area (Å²) in [6.45, 7) is 2.03. The number of aryl methyl sites for hydroxylation is 3. The second-order valence-corrected chi connectivity index (χ2v) is 4.82. The van der Waals surface area contributed by atoms with Gasteiger partial charge < -0.3 is 5.73 Å². The fourth-order valence-corrected chi connectivity index (χ4v) is 2.64. The number of nitrogens with zero attached hydrogens (tertiary/aromatic N) is 2. The minimum atomic E-state index is 0.750. The van der Waals surface area contributed by atoms with Crippen LogP contribution in [-0.2, 0) is 19.9 Å². The minimum Gasteiger partial charge on any atom is -0.384 e. The smallest absolute Gasteiger partial charge is 0.124 e. The molecular formula is C14H17N3. The first-order chi connectivity index (χ1) is 8.16. The van der Waals surface area contributed by atoms with Gasteiger partial charge in [-0.1, -0.05) is 12.1 Å². The second-order valence-electron chi connectivity index (χ2n) is 4.82. The summed E-state index contributed by atoms with van der Waals surface area (Å²) in [4.78, 5) is 0. The Hall–Kier alpha value is -1.77. The van der Waals surface area contributed by atoms with E-state index in [0.29, 0.717) is 0 Å². The molecule has 0 fully saturated rings. The standard InChI is InChI=1S/C14H17N3/c1-9-13(16-17(2)14(9)15)12-7-6-10-4-3-5-11(10)8-12/h6-8H,3-5,15H2,1-2H3. The van der Waals surface area contributed by atoms with E-state index in [1.807, 2.05) is 14.0 Å². The van der Waals surface area contributed by atoms with Gasteiger partial charge in [0.15, 0.2) is 0 Å². The number of rotatable bonds is 1. The van der Waals surface area contributed by atoms with Crippen LogP contribution in [0.3, 0.4) is 0 Å². The Bertz CT molecular complexity index is 581. The Morgan fingerprint density at radius 3 is 2.71 bits per heavy atom. The highest BCUT2D eigenvalue weighted by molar-refractivity contribution is 5.69. The number of nitrogens with two attached hydrogens (primary N) is 1. The van der Waals surface area contributed by atoms with E-state index < -0.39 is 0 Å². The summed E-state index contributed by atoms with van der Waals surface area (Å²) in [5.74, 6) is 0.750. The molecule has 0 radical (unpaired) electrons. The highest BCUT2D eigenvalue weighted by Crippen LogP contribution is 2.30. The molecule has 1 aromatic carbocycles. The molecule has 0 aliphatic heterocycles. The zero-order chi connectivity index (χ0) is 12.0. The Labute approximate surface area is 101 Å². The summed E-state index contributed by atoms with van der Waals surface area (Å²) < 4.78 is 1.75. The molecule has 2 N–H and O–H groups in total. The molecule has 0 spiro atoms. The lowest BCUT2D eigenvalue weighted by atomic mass is 10.0. The van der Waals surface area contributed by atoms with Crippen molar-refractivity contribution in [2.24, 2.45) is 7.05 Å². The highest BCUT2D eigenvalue weighted by Gasteiger charge is 2.15. The zero-order valence-electron chi connectivity index (χ0n) is 10.3. The van der Waals surface area contributed by atoms with E-state index in [1.165, 1.54) is 36.0 Å². The Morgan fingerprint density at radius 2 is 2.00 bits per heavy atom. The molecule has 88 valence electrons. The lowest BCUT2D eigenvalue weighted by molar-refractivity contribution is 0.782. The zero-order valence-corrected chi connectivity index (χ0v) is 10.3. The van der Waals surface area contributed by atoms with Crippen LogP contribution in [0.1, 0.15) is 23.1 Å². The van der Waals surface area contributed by atoms with Gasteiger partial charge in [0.1, 0.15) is 5.82 Å². The number of hydrogen-bond acceptors (Lipinski definition) is 2. The van der Waals surface area contributed by atoms with Crippen LogP contribution in [-0.4, -0.2) is 9.78 Å². The van der Waals surface area contributed by atoms with E-state index in [4.69, 9.17) is 5.73 Å². The number of anilines is 1. The first-order valence-corrected chi connectivity index (χ1v) is 6.08. The van der Waals surface area contributed by atoms with Crippen LogP contribution in [0.5, 0.6) is 0 Å².